The van der Waals surface area contributed by atoms with Crippen molar-refractivity contribution in [1.29, 1.82) is 0 Å². The Kier molecular flexibility index (Phi) is 6.05. The van der Waals surface area contributed by atoms with Crippen LogP contribution in [0.15, 0.2) is 54.7 Å². The van der Waals surface area contributed by atoms with Gasteiger partial charge in [0.05, 0.1) is 16.9 Å². The summed E-state index contributed by atoms with van der Waals surface area (Å²) in [7, 11) is 0. The molecule has 0 N–H and O–H groups in total. The third-order valence-corrected chi connectivity index (χ3v) is 5.54. The summed E-state index contributed by atoms with van der Waals surface area (Å²) in [4.78, 5) is 12.6. The number of nitrogens with zero attached hydrogens (tertiary/aromatic N) is 5. The molecular weight excluding hydrogens is 579 g/mol. The second kappa shape index (κ2) is 8.75. The van der Waals surface area contributed by atoms with E-state index in [4.69, 9.17) is 10.1 Å². The van der Waals surface area contributed by atoms with Crippen molar-refractivity contribution in [3.8, 4) is 17.2 Å². The van der Waals surface area contributed by atoms with Crippen molar-refractivity contribution in [3.63, 3.8) is 0 Å². The maximum Gasteiger partial charge on any atom is 2.00 e. The van der Waals surface area contributed by atoms with E-state index in [2.05, 4.69) is 22.1 Å². The van der Waals surface area contributed by atoms with Crippen molar-refractivity contribution in [3.05, 3.63) is 90.1 Å². The molecule has 0 amide bonds. The van der Waals surface area contributed by atoms with E-state index in [1.807, 2.05) is 18.2 Å². The summed E-state index contributed by atoms with van der Waals surface area (Å²) in [6.07, 6.45) is 5.64. The van der Waals surface area contributed by atoms with E-state index in [1.165, 1.54) is 28.9 Å². The normalized spacial score (nSPS) is 14.9. The molecular formula is C23H17F2N5Pt. The first-order chi connectivity index (χ1) is 14.6. The third-order valence-electron chi connectivity index (χ3n) is 5.54. The zero-order chi connectivity index (χ0) is 20.6. The molecule has 1 aliphatic rings. The average Bonchev–Trinajstić information content (AvgIpc) is 3.45. The van der Waals surface area contributed by atoms with Gasteiger partial charge in [-0.2, -0.15) is 23.3 Å². The van der Waals surface area contributed by atoms with E-state index >= 15 is 0 Å². The first-order valence-corrected chi connectivity index (χ1v) is 9.77. The number of pyridine rings is 3. The Labute approximate surface area is 192 Å². The zero-order valence-corrected chi connectivity index (χ0v) is 18.6. The molecule has 0 radical (unpaired) electrons. The van der Waals surface area contributed by atoms with Gasteiger partial charge in [-0.25, -0.2) is 30.6 Å². The summed E-state index contributed by atoms with van der Waals surface area (Å²) in [6.45, 7) is 0. The molecule has 31 heavy (non-hydrogen) atoms. The molecule has 0 aliphatic heterocycles. The van der Waals surface area contributed by atoms with Crippen molar-refractivity contribution >= 4 is 0 Å². The number of rotatable bonds is 4. The number of aromatic nitrogens is 5. The minimum atomic E-state index is -0.579. The fourth-order valence-electron chi connectivity index (χ4n) is 4.12. The van der Waals surface area contributed by atoms with Gasteiger partial charge in [-0.05, 0) is 36.4 Å². The third kappa shape index (κ3) is 4.07. The Morgan fingerprint density at radius 3 is 2.32 bits per heavy atom. The molecule has 1 aliphatic carbocycles. The van der Waals surface area contributed by atoms with Crippen LogP contribution in [0.3, 0.4) is 0 Å². The SMILES string of the molecule is Fc1cc[c-]c(-c2cccc(C3(c4ccn(-c5[c-]ccc(F)n5)n4)CCCC3)n2)n1.[Pt+2]. The molecule has 4 aromatic rings. The zero-order valence-electron chi connectivity index (χ0n) is 16.3. The Balaban J connectivity index is 0.00000231. The monoisotopic (exact) mass is 596 g/mol. The predicted molar refractivity (Wildman–Crippen MR) is 106 cm³/mol. The Morgan fingerprint density at radius 1 is 0.839 bits per heavy atom. The van der Waals surface area contributed by atoms with Crippen LogP contribution in [0.1, 0.15) is 37.1 Å². The summed E-state index contributed by atoms with van der Waals surface area (Å²) < 4.78 is 28.6. The molecule has 0 unspecified atom stereocenters. The van der Waals surface area contributed by atoms with Crippen LogP contribution in [0.2, 0.25) is 0 Å². The molecule has 5 nitrogen and oxygen atoms in total. The van der Waals surface area contributed by atoms with Gasteiger partial charge in [0.25, 0.3) is 0 Å². The topological polar surface area (TPSA) is 56.5 Å². The maximum absolute atomic E-state index is 13.6. The summed E-state index contributed by atoms with van der Waals surface area (Å²) in [5.41, 5.74) is 2.27. The maximum atomic E-state index is 13.6. The van der Waals surface area contributed by atoms with Gasteiger partial charge in [0.1, 0.15) is 5.95 Å². The molecule has 158 valence electrons. The number of halogens is 2. The van der Waals surface area contributed by atoms with Crippen molar-refractivity contribution in [2.45, 2.75) is 31.1 Å². The van der Waals surface area contributed by atoms with Crippen LogP contribution >= 0.6 is 0 Å². The quantitative estimate of drug-likeness (QED) is 0.258. The molecule has 0 aromatic carbocycles. The van der Waals surface area contributed by atoms with Crippen LogP contribution in [0.25, 0.3) is 17.2 Å². The molecule has 4 aromatic heterocycles. The van der Waals surface area contributed by atoms with Crippen molar-refractivity contribution in [2.75, 3.05) is 0 Å². The minimum absolute atomic E-state index is 0. The molecule has 1 saturated carbocycles. The van der Waals surface area contributed by atoms with Gasteiger partial charge in [0, 0.05) is 11.9 Å². The van der Waals surface area contributed by atoms with Crippen LogP contribution in [-0.4, -0.2) is 24.7 Å². The summed E-state index contributed by atoms with van der Waals surface area (Å²) in [5.74, 6) is -0.844. The first-order valence-electron chi connectivity index (χ1n) is 9.77. The van der Waals surface area contributed by atoms with E-state index < -0.39 is 11.9 Å². The number of hydrogen-bond acceptors (Lipinski definition) is 4. The Bertz CT molecular complexity index is 1200. The molecule has 4 heterocycles. The summed E-state index contributed by atoms with van der Waals surface area (Å²) in [5, 5.41) is 4.70. The molecule has 0 atom stereocenters. The van der Waals surface area contributed by atoms with E-state index in [9.17, 15) is 8.78 Å². The van der Waals surface area contributed by atoms with Crippen LogP contribution in [0.4, 0.5) is 8.78 Å². The fourth-order valence-corrected chi connectivity index (χ4v) is 4.12. The van der Waals surface area contributed by atoms with Gasteiger partial charge in [0.2, 0.25) is 0 Å². The van der Waals surface area contributed by atoms with Crippen LogP contribution in [0, 0.1) is 24.0 Å². The molecule has 0 saturated heterocycles. The van der Waals surface area contributed by atoms with Crippen molar-refractivity contribution < 1.29 is 29.8 Å². The van der Waals surface area contributed by atoms with Crippen molar-refractivity contribution in [2.24, 2.45) is 0 Å². The second-order valence-corrected chi connectivity index (χ2v) is 7.34. The van der Waals surface area contributed by atoms with Crippen molar-refractivity contribution in [1.82, 2.24) is 24.7 Å². The van der Waals surface area contributed by atoms with E-state index in [0.717, 1.165) is 37.1 Å². The van der Waals surface area contributed by atoms with Crippen LogP contribution < -0.4 is 0 Å². The molecule has 1 fully saturated rings. The van der Waals surface area contributed by atoms with Gasteiger partial charge in [-0.3, -0.25) is 4.98 Å². The predicted octanol–water partition coefficient (Wildman–Crippen LogP) is 4.46. The van der Waals surface area contributed by atoms with Gasteiger partial charge >= 0.3 is 21.1 Å². The Hall–Kier alpha value is -2.79. The van der Waals surface area contributed by atoms with E-state index in [1.54, 1.807) is 12.3 Å². The first kappa shape index (κ1) is 21.4. The second-order valence-electron chi connectivity index (χ2n) is 7.34. The van der Waals surface area contributed by atoms with Gasteiger partial charge in [0.15, 0.2) is 5.95 Å². The minimum Gasteiger partial charge on any atom is -0.314 e. The van der Waals surface area contributed by atoms with E-state index in [0.29, 0.717) is 17.2 Å². The largest absolute Gasteiger partial charge is 2.00 e. The molecule has 0 bridgehead atoms. The van der Waals surface area contributed by atoms with Crippen LogP contribution in [-0.2, 0) is 26.5 Å². The smallest absolute Gasteiger partial charge is 0.314 e. The Morgan fingerprint density at radius 2 is 1.58 bits per heavy atom. The van der Waals surface area contributed by atoms with Gasteiger partial charge < -0.3 is 4.98 Å². The molecule has 0 spiro atoms. The van der Waals surface area contributed by atoms with Crippen LogP contribution in [0.5, 0.6) is 0 Å². The average molecular weight is 596 g/mol. The standard InChI is InChI=1S/C23H17F2N5.Pt/c24-20-9-4-7-17(27-20)16-6-3-8-18(26-16)23(13-1-2-14-23)19-12-15-30(29-19)22-11-5-10-21(25)28-22;/h3-6,8-10,12,15H,1-2,13-14H2;/q-2;+2. The van der Waals surface area contributed by atoms with Gasteiger partial charge in [-0.1, -0.05) is 25.0 Å². The number of hydrogen-bond donors (Lipinski definition) is 0. The summed E-state index contributed by atoms with van der Waals surface area (Å²) in [6, 6.07) is 18.9. The van der Waals surface area contributed by atoms with E-state index in [-0.39, 0.29) is 26.5 Å². The fraction of sp³-hybridized carbons (Fsp3) is 0.217. The summed E-state index contributed by atoms with van der Waals surface area (Å²) >= 11 is 0. The molecule has 5 rings (SSSR count). The van der Waals surface area contributed by atoms with Gasteiger partial charge in [-0.15, -0.1) is 6.07 Å². The molecule has 8 heteroatoms.